The van der Waals surface area contributed by atoms with Crippen molar-refractivity contribution >= 4 is 0 Å². The van der Waals surface area contributed by atoms with Gasteiger partial charge in [-0.15, -0.1) is 0 Å². The second kappa shape index (κ2) is 4.02. The first-order chi connectivity index (χ1) is 7.88. The molecule has 0 unspecified atom stereocenters. The molecule has 1 aromatic heterocycles. The van der Waals surface area contributed by atoms with Gasteiger partial charge in [0.1, 0.15) is 0 Å². The highest BCUT2D eigenvalue weighted by atomic mass is 16.5. The lowest BCUT2D eigenvalue weighted by molar-refractivity contribution is -0.905. The molecular formula is C15H20NO+. The third kappa shape index (κ3) is 2.41. The van der Waals surface area contributed by atoms with Gasteiger partial charge in [-0.3, -0.25) is 0 Å². The van der Waals surface area contributed by atoms with Gasteiger partial charge in [0.05, 0.1) is 6.07 Å². The largest absolute Gasteiger partial charge is 0.236 e. The van der Waals surface area contributed by atoms with Gasteiger partial charge in [0.2, 0.25) is 17.5 Å². The highest BCUT2D eigenvalue weighted by Gasteiger charge is 2.26. The lowest BCUT2D eigenvalue weighted by Gasteiger charge is -2.06. The van der Waals surface area contributed by atoms with E-state index in [0.29, 0.717) is 0 Å². The second-order valence-electron chi connectivity index (χ2n) is 5.57. The highest BCUT2D eigenvalue weighted by Crippen LogP contribution is 2.21. The molecule has 0 N–H and O–H groups in total. The zero-order chi connectivity index (χ0) is 12.6. The highest BCUT2D eigenvalue weighted by molar-refractivity contribution is 5.58. The minimum atomic E-state index is -0.0159. The third-order valence-corrected chi connectivity index (χ3v) is 3.01. The predicted molar refractivity (Wildman–Crippen MR) is 68.8 cm³/mol. The Bertz CT molecular complexity index is 532. The van der Waals surface area contributed by atoms with Crippen molar-refractivity contribution in [2.75, 3.05) is 0 Å². The maximum absolute atomic E-state index is 5.85. The zero-order valence-electron chi connectivity index (χ0n) is 11.2. The van der Waals surface area contributed by atoms with Crippen LogP contribution in [0.3, 0.4) is 0 Å². The van der Waals surface area contributed by atoms with Crippen molar-refractivity contribution in [1.82, 2.24) is 0 Å². The molecule has 0 saturated heterocycles. The second-order valence-corrected chi connectivity index (χ2v) is 5.57. The maximum Gasteiger partial charge on any atom is 0.221 e. The van der Waals surface area contributed by atoms with Crippen molar-refractivity contribution in [3.05, 3.63) is 41.6 Å². The van der Waals surface area contributed by atoms with Crippen LogP contribution in [0.5, 0.6) is 0 Å². The monoisotopic (exact) mass is 230 g/mol. The summed E-state index contributed by atoms with van der Waals surface area (Å²) in [7, 11) is 0. The molecule has 0 radical (unpaired) electrons. The van der Waals surface area contributed by atoms with Crippen molar-refractivity contribution in [1.29, 1.82) is 0 Å². The number of hydrogen-bond acceptors (Lipinski definition) is 1. The average Bonchev–Trinajstić information content (AvgIpc) is 2.70. The van der Waals surface area contributed by atoms with Gasteiger partial charge in [0.15, 0.2) is 0 Å². The molecule has 17 heavy (non-hydrogen) atoms. The zero-order valence-corrected chi connectivity index (χ0v) is 11.2. The van der Waals surface area contributed by atoms with Crippen LogP contribution in [0.4, 0.5) is 0 Å². The topological polar surface area (TPSA) is 17.0 Å². The fourth-order valence-electron chi connectivity index (χ4n) is 1.71. The van der Waals surface area contributed by atoms with E-state index in [1.807, 2.05) is 17.0 Å². The number of nitrogens with zero attached hydrogens (tertiary/aromatic N) is 1. The molecule has 2 nitrogen and oxygen atoms in total. The van der Waals surface area contributed by atoms with Crippen molar-refractivity contribution in [2.24, 2.45) is 0 Å². The molecule has 2 heteroatoms. The Morgan fingerprint density at radius 2 is 1.71 bits per heavy atom. The molecule has 0 atom stereocenters. The first kappa shape index (κ1) is 11.9. The van der Waals surface area contributed by atoms with E-state index in [-0.39, 0.29) is 5.54 Å². The van der Waals surface area contributed by atoms with Gasteiger partial charge in [0, 0.05) is 26.3 Å². The maximum atomic E-state index is 5.85. The number of aryl methyl sites for hydroxylation is 2. The van der Waals surface area contributed by atoms with E-state index in [4.69, 9.17) is 4.52 Å². The Balaban J connectivity index is 2.40. The molecule has 0 spiro atoms. The van der Waals surface area contributed by atoms with Crippen molar-refractivity contribution in [3.8, 4) is 11.3 Å². The molecule has 2 rings (SSSR count). The van der Waals surface area contributed by atoms with E-state index < -0.39 is 0 Å². The molecule has 1 aromatic carbocycles. The van der Waals surface area contributed by atoms with Gasteiger partial charge in [-0.25, -0.2) is 4.52 Å². The van der Waals surface area contributed by atoms with Gasteiger partial charge in [-0.1, -0.05) is 12.1 Å². The summed E-state index contributed by atoms with van der Waals surface area (Å²) in [5.74, 6) is 0.919. The first-order valence-electron chi connectivity index (χ1n) is 5.98. The fourth-order valence-corrected chi connectivity index (χ4v) is 1.71. The summed E-state index contributed by atoms with van der Waals surface area (Å²) in [6.07, 6.45) is 1.99. The normalized spacial score (nSPS) is 11.8. The van der Waals surface area contributed by atoms with E-state index in [9.17, 15) is 0 Å². The minimum absolute atomic E-state index is 0.0159. The summed E-state index contributed by atoms with van der Waals surface area (Å²) in [4.78, 5) is 0. The van der Waals surface area contributed by atoms with Crippen LogP contribution in [0.1, 0.15) is 31.9 Å². The van der Waals surface area contributed by atoms with E-state index in [2.05, 4.69) is 52.8 Å². The minimum Gasteiger partial charge on any atom is -0.236 e. The SMILES string of the molecule is Cc1ccc(-c2cc[n+](C(C)(C)C)o2)cc1C. The van der Waals surface area contributed by atoms with Gasteiger partial charge in [0.25, 0.3) is 0 Å². The van der Waals surface area contributed by atoms with Gasteiger partial charge in [-0.05, 0) is 35.8 Å². The third-order valence-electron chi connectivity index (χ3n) is 3.01. The smallest absolute Gasteiger partial charge is 0.221 e. The number of hydrogen-bond donors (Lipinski definition) is 0. The van der Waals surface area contributed by atoms with E-state index >= 15 is 0 Å². The molecule has 1 heterocycles. The average molecular weight is 230 g/mol. The molecule has 0 amide bonds. The molecule has 0 aliphatic rings. The van der Waals surface area contributed by atoms with E-state index in [1.54, 1.807) is 0 Å². The van der Waals surface area contributed by atoms with Gasteiger partial charge in [-0.2, -0.15) is 0 Å². The van der Waals surface area contributed by atoms with Gasteiger partial charge < -0.3 is 0 Å². The van der Waals surface area contributed by atoms with Gasteiger partial charge >= 0.3 is 0 Å². The Morgan fingerprint density at radius 3 is 2.24 bits per heavy atom. The van der Waals surface area contributed by atoms with Crippen molar-refractivity contribution in [3.63, 3.8) is 0 Å². The Labute approximate surface area is 103 Å². The fraction of sp³-hybridized carbons (Fsp3) is 0.400. The van der Waals surface area contributed by atoms with Crippen LogP contribution >= 0.6 is 0 Å². The number of aromatic nitrogens is 1. The Morgan fingerprint density at radius 1 is 1.00 bits per heavy atom. The summed E-state index contributed by atoms with van der Waals surface area (Å²) in [5, 5.41) is 0. The molecular weight excluding hydrogens is 210 g/mol. The van der Waals surface area contributed by atoms with Crippen LogP contribution < -0.4 is 4.74 Å². The molecule has 0 saturated carbocycles. The van der Waals surface area contributed by atoms with E-state index in [1.165, 1.54) is 11.1 Å². The molecule has 90 valence electrons. The predicted octanol–water partition coefficient (Wildman–Crippen LogP) is 3.61. The Kier molecular flexibility index (Phi) is 2.82. The van der Waals surface area contributed by atoms with Crippen LogP contribution in [0.25, 0.3) is 11.3 Å². The number of benzene rings is 1. The summed E-state index contributed by atoms with van der Waals surface area (Å²) < 4.78 is 7.73. The standard InChI is InChI=1S/C15H20NO/c1-11-6-7-13(10-12(11)2)14-8-9-16(17-14)15(3,4)5/h6-10H,1-5H3/q+1. The van der Waals surface area contributed by atoms with E-state index in [0.717, 1.165) is 11.3 Å². The van der Waals surface area contributed by atoms with Crippen LogP contribution in [0, 0.1) is 13.8 Å². The van der Waals surface area contributed by atoms with Crippen LogP contribution in [0.15, 0.2) is 35.0 Å². The molecule has 0 aliphatic heterocycles. The quantitative estimate of drug-likeness (QED) is 0.684. The lowest BCUT2D eigenvalue weighted by atomic mass is 10.1. The summed E-state index contributed by atoms with van der Waals surface area (Å²) in [6, 6.07) is 8.43. The molecule has 0 bridgehead atoms. The first-order valence-corrected chi connectivity index (χ1v) is 5.98. The molecule has 2 aromatic rings. The van der Waals surface area contributed by atoms with Crippen LogP contribution in [-0.4, -0.2) is 0 Å². The molecule has 0 fully saturated rings. The van der Waals surface area contributed by atoms with Crippen LogP contribution in [-0.2, 0) is 5.54 Å². The Hall–Kier alpha value is -1.57. The van der Waals surface area contributed by atoms with Crippen molar-refractivity contribution in [2.45, 2.75) is 40.2 Å². The molecule has 0 aliphatic carbocycles. The number of rotatable bonds is 1. The van der Waals surface area contributed by atoms with Crippen LogP contribution in [0.2, 0.25) is 0 Å². The summed E-state index contributed by atoms with van der Waals surface area (Å²) in [5.41, 5.74) is 3.72. The van der Waals surface area contributed by atoms with Crippen molar-refractivity contribution < 1.29 is 9.26 Å². The lowest BCUT2D eigenvalue weighted by Crippen LogP contribution is -2.48. The summed E-state index contributed by atoms with van der Waals surface area (Å²) >= 11 is 0. The summed E-state index contributed by atoms with van der Waals surface area (Å²) in [6.45, 7) is 10.6.